The third kappa shape index (κ3) is 6.79. The van der Waals surface area contributed by atoms with Crippen LogP contribution in [0, 0.1) is 0 Å². The first-order valence-electron chi connectivity index (χ1n) is 11.2. The van der Waals surface area contributed by atoms with Crippen LogP contribution >= 0.6 is 11.3 Å². The number of nitrogens with one attached hydrogen (secondary N) is 1. The molecule has 6 nitrogen and oxygen atoms in total. The Hall–Kier alpha value is -3.94. The lowest BCUT2D eigenvalue weighted by Crippen LogP contribution is -3.10. The number of carbonyl (C=O) groups is 2. The maximum atomic E-state index is 9.53. The number of benzene rings is 3. The lowest BCUT2D eigenvalue weighted by molar-refractivity contribution is -0.929. The summed E-state index contributed by atoms with van der Waals surface area (Å²) in [5.74, 6) is -1.03. The maximum Gasteiger partial charge on any atom is 0.328 e. The van der Waals surface area contributed by atoms with Crippen LogP contribution in [0.5, 0.6) is 11.5 Å². The Bertz CT molecular complexity index is 1310. The molecule has 4 aromatic rings. The molecule has 0 amide bonds. The number of rotatable bonds is 6. The highest BCUT2D eigenvalue weighted by Gasteiger charge is 2.23. The molecule has 0 spiro atoms. The van der Waals surface area contributed by atoms with Crippen LogP contribution in [-0.2, 0) is 29.1 Å². The average Bonchev–Trinajstić information content (AvgIpc) is 3.23. The standard InChI is InChI=1S/C24H21NOS.C4H4O4/c1-2-6-19(7-3-1)26-20-12-10-18(11-13-20)16-25-15-14-24-22(17-25)21-8-4-5-9-23(21)27-24;5-3(6)1-2-4(7)8/h1-13H,14-17H2;1-2H,(H,5,6)(H,7,8)/b;2-1+. The monoisotopic (exact) mass is 487 g/mol. The summed E-state index contributed by atoms with van der Waals surface area (Å²) in [4.78, 5) is 22.2. The van der Waals surface area contributed by atoms with Gasteiger partial charge >= 0.3 is 5.97 Å². The zero-order chi connectivity index (χ0) is 24.6. The summed E-state index contributed by atoms with van der Waals surface area (Å²) in [6.45, 7) is 3.40. The summed E-state index contributed by atoms with van der Waals surface area (Å²) < 4.78 is 7.34. The van der Waals surface area contributed by atoms with Crippen LogP contribution in [0.3, 0.4) is 0 Å². The molecular formula is C28H25NO5S. The molecule has 178 valence electrons. The number of fused-ring (bicyclic) bond motifs is 3. The molecule has 0 saturated heterocycles. The molecule has 0 bridgehead atoms. The number of para-hydroxylation sites is 1. The fourth-order valence-electron chi connectivity index (χ4n) is 4.05. The first-order chi connectivity index (χ1) is 17.0. The number of carbonyl (C=O) groups excluding carboxylic acids is 1. The second-order valence-corrected chi connectivity index (χ2v) is 9.29. The number of thiophene rings is 1. The minimum atomic E-state index is -1.51. The number of aliphatic carboxylic acids is 2. The molecule has 5 rings (SSSR count). The molecule has 0 fully saturated rings. The molecule has 1 aliphatic heterocycles. The minimum Gasteiger partial charge on any atom is -0.545 e. The van der Waals surface area contributed by atoms with Crippen molar-refractivity contribution in [1.29, 1.82) is 0 Å². The van der Waals surface area contributed by atoms with E-state index in [1.165, 1.54) is 28.6 Å². The molecule has 3 aromatic carbocycles. The fraction of sp³-hybridized carbons (Fsp3) is 0.143. The molecule has 7 heteroatoms. The second-order valence-electron chi connectivity index (χ2n) is 8.15. The molecule has 2 N–H and O–H groups in total. The van der Waals surface area contributed by atoms with Crippen molar-refractivity contribution in [2.24, 2.45) is 0 Å². The van der Waals surface area contributed by atoms with Gasteiger partial charge in [0.25, 0.3) is 0 Å². The smallest absolute Gasteiger partial charge is 0.328 e. The van der Waals surface area contributed by atoms with Gasteiger partial charge in [0.2, 0.25) is 0 Å². The Morgan fingerprint density at radius 3 is 2.31 bits per heavy atom. The highest BCUT2D eigenvalue weighted by atomic mass is 32.1. The predicted molar refractivity (Wildman–Crippen MR) is 134 cm³/mol. The van der Waals surface area contributed by atoms with E-state index in [2.05, 4.69) is 48.5 Å². The lowest BCUT2D eigenvalue weighted by Gasteiger charge is -2.24. The van der Waals surface area contributed by atoms with E-state index in [1.54, 1.807) is 15.3 Å². The van der Waals surface area contributed by atoms with Crippen molar-refractivity contribution < 1.29 is 29.4 Å². The molecule has 0 saturated carbocycles. The van der Waals surface area contributed by atoms with E-state index in [0.717, 1.165) is 24.6 Å². The molecule has 35 heavy (non-hydrogen) atoms. The molecule has 2 heterocycles. The Morgan fingerprint density at radius 2 is 1.63 bits per heavy atom. The zero-order valence-corrected chi connectivity index (χ0v) is 19.8. The largest absolute Gasteiger partial charge is 0.545 e. The molecular weight excluding hydrogens is 462 g/mol. The van der Waals surface area contributed by atoms with E-state index in [9.17, 15) is 14.7 Å². The van der Waals surface area contributed by atoms with Crippen LogP contribution in [-0.4, -0.2) is 23.6 Å². The quantitative estimate of drug-likeness (QED) is 0.408. The molecule has 1 unspecified atom stereocenters. The van der Waals surface area contributed by atoms with Crippen molar-refractivity contribution in [1.82, 2.24) is 0 Å². The van der Waals surface area contributed by atoms with Gasteiger partial charge in [-0.25, -0.2) is 4.79 Å². The predicted octanol–water partition coefficient (Wildman–Crippen LogP) is 3.21. The summed E-state index contributed by atoms with van der Waals surface area (Å²) in [6.07, 6.45) is 2.14. The topological polar surface area (TPSA) is 91.1 Å². The van der Waals surface area contributed by atoms with Gasteiger partial charge in [-0.15, -0.1) is 11.3 Å². The minimum absolute atomic E-state index is 0.447. The van der Waals surface area contributed by atoms with Crippen LogP contribution in [0.15, 0.2) is 91.0 Å². The van der Waals surface area contributed by atoms with Gasteiger partial charge in [0.1, 0.15) is 24.6 Å². The van der Waals surface area contributed by atoms with E-state index >= 15 is 0 Å². The van der Waals surface area contributed by atoms with E-state index in [1.807, 2.05) is 41.7 Å². The highest BCUT2D eigenvalue weighted by Crippen LogP contribution is 2.32. The molecule has 1 aliphatic rings. The van der Waals surface area contributed by atoms with Gasteiger partial charge in [-0.05, 0) is 48.5 Å². The van der Waals surface area contributed by atoms with Gasteiger partial charge in [0.15, 0.2) is 0 Å². The summed E-state index contributed by atoms with van der Waals surface area (Å²) >= 11 is 1.98. The molecule has 1 atom stereocenters. The molecule has 0 radical (unpaired) electrons. The first-order valence-corrected chi connectivity index (χ1v) is 12.1. The van der Waals surface area contributed by atoms with Gasteiger partial charge in [-0.2, -0.15) is 0 Å². The number of carboxylic acids is 2. The van der Waals surface area contributed by atoms with E-state index in [-0.39, 0.29) is 0 Å². The van der Waals surface area contributed by atoms with Gasteiger partial charge in [-0.1, -0.05) is 36.4 Å². The summed E-state index contributed by atoms with van der Waals surface area (Å²) in [7, 11) is 0. The highest BCUT2D eigenvalue weighted by molar-refractivity contribution is 7.19. The Labute approximate surface area is 207 Å². The lowest BCUT2D eigenvalue weighted by atomic mass is 10.0. The third-order valence-electron chi connectivity index (χ3n) is 5.63. The van der Waals surface area contributed by atoms with Crippen LogP contribution in [0.2, 0.25) is 0 Å². The number of hydrogen-bond donors (Lipinski definition) is 2. The zero-order valence-electron chi connectivity index (χ0n) is 19.0. The van der Waals surface area contributed by atoms with Crippen molar-refractivity contribution in [2.45, 2.75) is 19.5 Å². The van der Waals surface area contributed by atoms with Gasteiger partial charge in [-0.3, -0.25) is 0 Å². The Balaban J connectivity index is 0.000000314. The first kappa shape index (κ1) is 24.2. The van der Waals surface area contributed by atoms with Gasteiger partial charge < -0.3 is 24.6 Å². The van der Waals surface area contributed by atoms with Gasteiger partial charge in [0.05, 0.1) is 12.5 Å². The van der Waals surface area contributed by atoms with Crippen molar-refractivity contribution in [3.63, 3.8) is 0 Å². The summed E-state index contributed by atoms with van der Waals surface area (Å²) in [5.41, 5.74) is 2.94. The fourth-order valence-corrected chi connectivity index (χ4v) is 5.28. The normalized spacial score (nSPS) is 14.7. The molecule has 0 aliphatic carbocycles. The van der Waals surface area contributed by atoms with Crippen molar-refractivity contribution in [2.75, 3.05) is 6.54 Å². The number of ether oxygens (including phenoxy) is 1. The van der Waals surface area contributed by atoms with Crippen LogP contribution in [0.4, 0.5) is 0 Å². The third-order valence-corrected chi connectivity index (χ3v) is 6.91. The van der Waals surface area contributed by atoms with Crippen LogP contribution < -0.4 is 14.7 Å². The van der Waals surface area contributed by atoms with E-state index < -0.39 is 11.9 Å². The van der Waals surface area contributed by atoms with Crippen molar-refractivity contribution in [3.8, 4) is 11.5 Å². The number of carboxylic acid groups (broad SMARTS) is 2. The van der Waals surface area contributed by atoms with E-state index in [0.29, 0.717) is 12.2 Å². The molecule has 1 aromatic heterocycles. The van der Waals surface area contributed by atoms with Crippen LogP contribution in [0.1, 0.15) is 16.0 Å². The Morgan fingerprint density at radius 1 is 0.943 bits per heavy atom. The second kappa shape index (κ2) is 11.5. The summed E-state index contributed by atoms with van der Waals surface area (Å²) in [6, 6.07) is 27.4. The van der Waals surface area contributed by atoms with Crippen LogP contribution in [0.25, 0.3) is 10.1 Å². The maximum absolute atomic E-state index is 9.53. The van der Waals surface area contributed by atoms with Gasteiger partial charge in [0, 0.05) is 38.6 Å². The number of hydrogen-bond acceptors (Lipinski definition) is 5. The summed E-state index contributed by atoms with van der Waals surface area (Å²) in [5, 5.41) is 18.7. The van der Waals surface area contributed by atoms with Crippen molar-refractivity contribution >= 4 is 33.4 Å². The van der Waals surface area contributed by atoms with Crippen molar-refractivity contribution in [3.05, 3.63) is 107 Å². The van der Waals surface area contributed by atoms with E-state index in [4.69, 9.17) is 9.84 Å². The average molecular weight is 488 g/mol. The number of quaternary nitrogens is 1. The Kier molecular flexibility index (Phi) is 7.92. The SMILES string of the molecule is O=C([O-])/C=C/C(=O)O.c1ccc(Oc2ccc(C[NH+]3CCc4sc5ccccc5c4C3)cc2)cc1.